The van der Waals surface area contributed by atoms with Crippen molar-refractivity contribution in [2.24, 2.45) is 0 Å². The maximum absolute atomic E-state index is 6.12. The third-order valence-electron chi connectivity index (χ3n) is 2.77. The van der Waals surface area contributed by atoms with Gasteiger partial charge >= 0.3 is 0 Å². The molecule has 2 heterocycles. The molecule has 0 aliphatic heterocycles. The zero-order valence-electron chi connectivity index (χ0n) is 10.3. The number of rotatable bonds is 3. The van der Waals surface area contributed by atoms with E-state index in [0.29, 0.717) is 33.6 Å². The van der Waals surface area contributed by atoms with Crippen LogP contribution in [0.15, 0.2) is 42.7 Å². The van der Waals surface area contributed by atoms with E-state index in [-0.39, 0.29) is 0 Å². The van der Waals surface area contributed by atoms with Gasteiger partial charge < -0.3 is 5.32 Å². The normalized spacial score (nSPS) is 10.7. The summed E-state index contributed by atoms with van der Waals surface area (Å²) in [5.41, 5.74) is 2.46. The van der Waals surface area contributed by atoms with Gasteiger partial charge in [0, 0.05) is 24.0 Å². The van der Waals surface area contributed by atoms with E-state index in [2.05, 4.69) is 20.3 Å². The monoisotopic (exact) mass is 304 g/mol. The summed E-state index contributed by atoms with van der Waals surface area (Å²) in [6.07, 6.45) is 3.51. The number of fused-ring (bicyclic) bond motifs is 1. The van der Waals surface area contributed by atoms with Crippen molar-refractivity contribution >= 4 is 40.1 Å². The summed E-state index contributed by atoms with van der Waals surface area (Å²) >= 11 is 12.1. The molecule has 1 N–H and O–H groups in total. The zero-order valence-corrected chi connectivity index (χ0v) is 11.9. The Balaban J connectivity index is 1.89. The van der Waals surface area contributed by atoms with Gasteiger partial charge in [-0.15, -0.1) is 0 Å². The van der Waals surface area contributed by atoms with E-state index >= 15 is 0 Å². The Hall–Kier alpha value is -1.91. The minimum absolute atomic E-state index is 0.337. The van der Waals surface area contributed by atoms with Crippen molar-refractivity contribution in [1.82, 2.24) is 15.0 Å². The van der Waals surface area contributed by atoms with Crippen molar-refractivity contribution in [1.29, 1.82) is 0 Å². The highest BCUT2D eigenvalue weighted by molar-refractivity contribution is 6.32. The van der Waals surface area contributed by atoms with Crippen LogP contribution >= 0.6 is 23.2 Å². The number of nitrogens with one attached hydrogen (secondary N) is 1. The lowest BCUT2D eigenvalue weighted by Gasteiger charge is -2.08. The number of hydrogen-bond donors (Lipinski definition) is 1. The van der Waals surface area contributed by atoms with Crippen LogP contribution < -0.4 is 5.32 Å². The van der Waals surface area contributed by atoms with Crippen LogP contribution in [-0.4, -0.2) is 15.0 Å². The predicted molar refractivity (Wildman–Crippen MR) is 81.1 cm³/mol. The van der Waals surface area contributed by atoms with Gasteiger partial charge in [0.1, 0.15) is 0 Å². The molecule has 0 aliphatic rings. The van der Waals surface area contributed by atoms with Crippen molar-refractivity contribution in [3.8, 4) is 0 Å². The first-order valence-corrected chi connectivity index (χ1v) is 6.73. The van der Waals surface area contributed by atoms with Crippen LogP contribution in [0.5, 0.6) is 0 Å². The standard InChI is InChI=1S/C14H10Cl2N4/c15-10-3-4-11-12(6-10)20-14(13(16)19-11)18-8-9-2-1-5-17-7-9/h1-7H,8H2,(H,18,20). The molecule has 0 fully saturated rings. The molecule has 0 saturated heterocycles. The van der Waals surface area contributed by atoms with Gasteiger partial charge in [-0.3, -0.25) is 4.98 Å². The molecule has 6 heteroatoms. The van der Waals surface area contributed by atoms with Crippen LogP contribution in [0.4, 0.5) is 5.82 Å². The van der Waals surface area contributed by atoms with Crippen LogP contribution in [0.1, 0.15) is 5.56 Å². The number of anilines is 1. The Bertz CT molecular complexity index is 747. The molecule has 20 heavy (non-hydrogen) atoms. The maximum atomic E-state index is 6.12. The van der Waals surface area contributed by atoms with Crippen LogP contribution in [0.2, 0.25) is 10.2 Å². The molecule has 4 nitrogen and oxygen atoms in total. The van der Waals surface area contributed by atoms with E-state index in [1.54, 1.807) is 30.6 Å². The maximum Gasteiger partial charge on any atom is 0.172 e. The van der Waals surface area contributed by atoms with E-state index in [1.807, 2.05) is 12.1 Å². The van der Waals surface area contributed by atoms with Gasteiger partial charge in [-0.1, -0.05) is 29.3 Å². The fraction of sp³-hybridized carbons (Fsp3) is 0.0714. The van der Waals surface area contributed by atoms with Crippen molar-refractivity contribution in [3.05, 3.63) is 58.5 Å². The third kappa shape index (κ3) is 2.81. The fourth-order valence-corrected chi connectivity index (χ4v) is 2.17. The minimum atomic E-state index is 0.337. The molecule has 2 aromatic heterocycles. The average Bonchev–Trinajstić information content (AvgIpc) is 2.46. The first kappa shape index (κ1) is 13.1. The quantitative estimate of drug-likeness (QED) is 0.796. The number of pyridine rings is 1. The number of aromatic nitrogens is 3. The van der Waals surface area contributed by atoms with E-state index in [4.69, 9.17) is 23.2 Å². The summed E-state index contributed by atoms with van der Waals surface area (Å²) in [6.45, 7) is 0.578. The predicted octanol–water partition coefficient (Wildman–Crippen LogP) is 3.94. The molecule has 0 spiro atoms. The summed E-state index contributed by atoms with van der Waals surface area (Å²) in [6, 6.07) is 9.16. The Morgan fingerprint density at radius 3 is 2.75 bits per heavy atom. The van der Waals surface area contributed by atoms with Gasteiger partial charge in [0.15, 0.2) is 11.0 Å². The highest BCUT2D eigenvalue weighted by atomic mass is 35.5. The SMILES string of the molecule is Clc1ccc2nc(Cl)c(NCc3cccnc3)nc2c1. The minimum Gasteiger partial charge on any atom is -0.363 e. The molecule has 100 valence electrons. The zero-order chi connectivity index (χ0) is 13.9. The molecule has 0 saturated carbocycles. The van der Waals surface area contributed by atoms with Crippen LogP contribution in [0, 0.1) is 0 Å². The van der Waals surface area contributed by atoms with Gasteiger partial charge in [-0.05, 0) is 29.8 Å². The highest BCUT2D eigenvalue weighted by Crippen LogP contribution is 2.23. The fourth-order valence-electron chi connectivity index (χ4n) is 1.81. The van der Waals surface area contributed by atoms with Crippen LogP contribution in [0.3, 0.4) is 0 Å². The Kier molecular flexibility index (Phi) is 3.67. The van der Waals surface area contributed by atoms with E-state index in [1.165, 1.54) is 0 Å². The first-order chi connectivity index (χ1) is 9.72. The van der Waals surface area contributed by atoms with Crippen molar-refractivity contribution < 1.29 is 0 Å². The second kappa shape index (κ2) is 5.61. The topological polar surface area (TPSA) is 50.7 Å². The number of halogens is 2. The number of hydrogen-bond acceptors (Lipinski definition) is 4. The molecule has 0 bridgehead atoms. The van der Waals surface area contributed by atoms with Gasteiger partial charge in [-0.25, -0.2) is 9.97 Å². The molecule has 0 unspecified atom stereocenters. The van der Waals surface area contributed by atoms with Crippen molar-refractivity contribution in [2.45, 2.75) is 6.54 Å². The Morgan fingerprint density at radius 2 is 1.95 bits per heavy atom. The summed E-state index contributed by atoms with van der Waals surface area (Å²) in [5.74, 6) is 0.533. The van der Waals surface area contributed by atoms with Gasteiger partial charge in [-0.2, -0.15) is 0 Å². The summed E-state index contributed by atoms with van der Waals surface area (Å²) in [5, 5.41) is 4.11. The molecule has 1 aromatic carbocycles. The van der Waals surface area contributed by atoms with E-state index in [9.17, 15) is 0 Å². The lowest BCUT2D eigenvalue weighted by atomic mass is 10.3. The second-order valence-electron chi connectivity index (χ2n) is 4.21. The second-order valence-corrected chi connectivity index (χ2v) is 5.01. The summed E-state index contributed by atoms with van der Waals surface area (Å²) < 4.78 is 0. The van der Waals surface area contributed by atoms with Gasteiger partial charge in [0.25, 0.3) is 0 Å². The lowest BCUT2D eigenvalue weighted by molar-refractivity contribution is 1.08. The molecular formula is C14H10Cl2N4. The summed E-state index contributed by atoms with van der Waals surface area (Å²) in [7, 11) is 0. The van der Waals surface area contributed by atoms with Crippen LogP contribution in [0.25, 0.3) is 11.0 Å². The molecule has 0 aliphatic carbocycles. The van der Waals surface area contributed by atoms with Crippen molar-refractivity contribution in [2.75, 3.05) is 5.32 Å². The third-order valence-corrected chi connectivity index (χ3v) is 3.27. The largest absolute Gasteiger partial charge is 0.363 e. The van der Waals surface area contributed by atoms with Crippen molar-refractivity contribution in [3.63, 3.8) is 0 Å². The smallest absolute Gasteiger partial charge is 0.172 e. The van der Waals surface area contributed by atoms with E-state index < -0.39 is 0 Å². The molecular weight excluding hydrogens is 295 g/mol. The summed E-state index contributed by atoms with van der Waals surface area (Å²) in [4.78, 5) is 12.8. The molecule has 0 radical (unpaired) electrons. The highest BCUT2D eigenvalue weighted by Gasteiger charge is 2.07. The molecule has 3 aromatic rings. The van der Waals surface area contributed by atoms with Gasteiger partial charge in [0.2, 0.25) is 0 Å². The Morgan fingerprint density at radius 1 is 1.05 bits per heavy atom. The van der Waals surface area contributed by atoms with Crippen LogP contribution in [-0.2, 0) is 6.54 Å². The van der Waals surface area contributed by atoms with Gasteiger partial charge in [0.05, 0.1) is 11.0 Å². The van der Waals surface area contributed by atoms with E-state index in [0.717, 1.165) is 5.56 Å². The molecule has 0 amide bonds. The number of benzene rings is 1. The Labute approximate surface area is 125 Å². The molecule has 0 atom stereocenters. The first-order valence-electron chi connectivity index (χ1n) is 5.98. The lowest BCUT2D eigenvalue weighted by Crippen LogP contribution is -2.03. The average molecular weight is 305 g/mol. The molecule has 3 rings (SSSR count). The number of nitrogens with zero attached hydrogens (tertiary/aromatic N) is 3.